The van der Waals surface area contributed by atoms with Crippen molar-refractivity contribution in [1.29, 1.82) is 0 Å². The second-order valence-electron chi connectivity index (χ2n) is 3.66. The standard InChI is InChI=1S/C10H10BrF3N2O/c1-9(15,10(12,13)14)8(17)16-7-4-2-6(11)3-5-7/h2-5H,15H2,1H3,(H,16,17). The summed E-state index contributed by atoms with van der Waals surface area (Å²) in [5.74, 6) is -1.30. The Labute approximate surface area is 104 Å². The molecular weight excluding hydrogens is 301 g/mol. The number of hydrogen-bond acceptors (Lipinski definition) is 2. The molecule has 1 amide bonds. The first kappa shape index (κ1) is 14.0. The van der Waals surface area contributed by atoms with Crippen molar-refractivity contribution < 1.29 is 18.0 Å². The molecule has 0 heterocycles. The molecule has 0 saturated heterocycles. The van der Waals surface area contributed by atoms with Crippen LogP contribution in [0.1, 0.15) is 6.92 Å². The summed E-state index contributed by atoms with van der Waals surface area (Å²) in [6, 6.07) is 6.12. The Bertz CT molecular complexity index is 415. The van der Waals surface area contributed by atoms with Crippen molar-refractivity contribution in [2.75, 3.05) is 5.32 Å². The van der Waals surface area contributed by atoms with Crippen LogP contribution in [-0.4, -0.2) is 17.6 Å². The van der Waals surface area contributed by atoms with Gasteiger partial charge < -0.3 is 11.1 Å². The molecule has 0 fully saturated rings. The van der Waals surface area contributed by atoms with E-state index in [9.17, 15) is 18.0 Å². The zero-order valence-corrected chi connectivity index (χ0v) is 10.4. The van der Waals surface area contributed by atoms with Gasteiger partial charge in [-0.1, -0.05) is 15.9 Å². The van der Waals surface area contributed by atoms with E-state index in [4.69, 9.17) is 5.73 Å². The van der Waals surface area contributed by atoms with Gasteiger partial charge in [-0.05, 0) is 31.2 Å². The second kappa shape index (κ2) is 4.66. The molecule has 1 aromatic rings. The fourth-order valence-electron chi connectivity index (χ4n) is 0.923. The van der Waals surface area contributed by atoms with Gasteiger partial charge in [0.05, 0.1) is 0 Å². The number of carbonyl (C=O) groups is 1. The lowest BCUT2D eigenvalue weighted by Gasteiger charge is -2.26. The van der Waals surface area contributed by atoms with Gasteiger partial charge >= 0.3 is 6.18 Å². The summed E-state index contributed by atoms with van der Waals surface area (Å²) in [6.07, 6.45) is -4.80. The van der Waals surface area contributed by atoms with E-state index in [1.807, 2.05) is 0 Å². The highest BCUT2D eigenvalue weighted by Crippen LogP contribution is 2.29. The molecule has 1 atom stereocenters. The van der Waals surface area contributed by atoms with Gasteiger partial charge in [0.1, 0.15) is 0 Å². The van der Waals surface area contributed by atoms with E-state index in [-0.39, 0.29) is 5.69 Å². The van der Waals surface area contributed by atoms with Gasteiger partial charge in [-0.3, -0.25) is 4.79 Å². The van der Waals surface area contributed by atoms with E-state index >= 15 is 0 Å². The smallest absolute Gasteiger partial charge is 0.324 e. The molecule has 0 aliphatic rings. The van der Waals surface area contributed by atoms with Crippen LogP contribution in [0.25, 0.3) is 0 Å². The van der Waals surface area contributed by atoms with Gasteiger partial charge in [0.15, 0.2) is 5.54 Å². The highest BCUT2D eigenvalue weighted by atomic mass is 79.9. The SMILES string of the molecule is CC(N)(C(=O)Nc1ccc(Br)cc1)C(F)(F)F. The first-order chi connectivity index (χ1) is 7.64. The number of amides is 1. The summed E-state index contributed by atoms with van der Waals surface area (Å²) in [6.45, 7) is 0.626. The number of rotatable bonds is 2. The molecule has 0 bridgehead atoms. The predicted molar refractivity (Wildman–Crippen MR) is 61.4 cm³/mol. The van der Waals surface area contributed by atoms with Gasteiger partial charge in [0.2, 0.25) is 0 Å². The highest BCUT2D eigenvalue weighted by Gasteiger charge is 2.53. The number of carbonyl (C=O) groups excluding carboxylic acids is 1. The molecule has 0 spiro atoms. The second-order valence-corrected chi connectivity index (χ2v) is 4.58. The minimum absolute atomic E-state index is 0.249. The van der Waals surface area contributed by atoms with Gasteiger partial charge in [-0.25, -0.2) is 0 Å². The van der Waals surface area contributed by atoms with E-state index in [2.05, 4.69) is 21.2 Å². The van der Waals surface area contributed by atoms with Crippen LogP contribution in [-0.2, 0) is 4.79 Å². The molecule has 17 heavy (non-hydrogen) atoms. The third kappa shape index (κ3) is 3.19. The molecule has 1 unspecified atom stereocenters. The third-order valence-electron chi connectivity index (χ3n) is 2.16. The summed E-state index contributed by atoms with van der Waals surface area (Å²) in [7, 11) is 0. The first-order valence-corrected chi connectivity index (χ1v) is 5.36. The van der Waals surface area contributed by atoms with E-state index in [1.54, 1.807) is 12.1 Å². The largest absolute Gasteiger partial charge is 0.415 e. The molecule has 3 N–H and O–H groups in total. The first-order valence-electron chi connectivity index (χ1n) is 4.57. The zero-order valence-electron chi connectivity index (χ0n) is 8.81. The van der Waals surface area contributed by atoms with Gasteiger partial charge in [0.25, 0.3) is 5.91 Å². The fourth-order valence-corrected chi connectivity index (χ4v) is 1.19. The molecule has 3 nitrogen and oxygen atoms in total. The van der Waals surface area contributed by atoms with Crippen molar-refractivity contribution in [3.05, 3.63) is 28.7 Å². The van der Waals surface area contributed by atoms with Crippen LogP contribution >= 0.6 is 15.9 Å². The van der Waals surface area contributed by atoms with Crippen LogP contribution in [0.15, 0.2) is 28.7 Å². The number of nitrogens with two attached hydrogens (primary N) is 1. The lowest BCUT2D eigenvalue weighted by Crippen LogP contribution is -2.59. The van der Waals surface area contributed by atoms with Crippen LogP contribution in [0.3, 0.4) is 0 Å². The summed E-state index contributed by atoms with van der Waals surface area (Å²) < 4.78 is 38.1. The quantitative estimate of drug-likeness (QED) is 0.882. The molecule has 1 aromatic carbocycles. The average molecular weight is 311 g/mol. The monoisotopic (exact) mass is 310 g/mol. The fraction of sp³-hybridized carbons (Fsp3) is 0.300. The lowest BCUT2D eigenvalue weighted by atomic mass is 10.0. The van der Waals surface area contributed by atoms with Crippen molar-refractivity contribution in [1.82, 2.24) is 0 Å². The van der Waals surface area contributed by atoms with Crippen LogP contribution in [0.5, 0.6) is 0 Å². The minimum atomic E-state index is -4.80. The number of benzene rings is 1. The summed E-state index contributed by atoms with van der Waals surface area (Å²) in [4.78, 5) is 11.4. The van der Waals surface area contributed by atoms with Gasteiger partial charge in [0, 0.05) is 10.2 Å². The molecule has 0 aliphatic carbocycles. The molecule has 7 heteroatoms. The van der Waals surface area contributed by atoms with Crippen molar-refractivity contribution in [2.24, 2.45) is 5.73 Å². The van der Waals surface area contributed by atoms with Crippen molar-refractivity contribution in [3.63, 3.8) is 0 Å². The van der Waals surface area contributed by atoms with E-state index in [0.717, 1.165) is 4.47 Å². The number of anilines is 1. The molecular formula is C10H10BrF3N2O. The van der Waals surface area contributed by atoms with E-state index in [1.165, 1.54) is 12.1 Å². The van der Waals surface area contributed by atoms with E-state index in [0.29, 0.717) is 6.92 Å². The van der Waals surface area contributed by atoms with E-state index < -0.39 is 17.6 Å². The van der Waals surface area contributed by atoms with Gasteiger partial charge in [-0.15, -0.1) is 0 Å². The lowest BCUT2D eigenvalue weighted by molar-refractivity contribution is -0.184. The maximum Gasteiger partial charge on any atom is 0.415 e. The molecule has 0 radical (unpaired) electrons. The van der Waals surface area contributed by atoms with Crippen LogP contribution in [0, 0.1) is 0 Å². The molecule has 94 valence electrons. The summed E-state index contributed by atoms with van der Waals surface area (Å²) in [5.41, 5.74) is 2.30. The maximum absolute atomic E-state index is 12.5. The Kier molecular flexibility index (Phi) is 3.83. The third-order valence-corrected chi connectivity index (χ3v) is 2.69. The average Bonchev–Trinajstić information content (AvgIpc) is 2.19. The highest BCUT2D eigenvalue weighted by molar-refractivity contribution is 9.10. The maximum atomic E-state index is 12.5. The molecule has 0 aliphatic heterocycles. The topological polar surface area (TPSA) is 55.1 Å². The Morgan fingerprint density at radius 3 is 2.18 bits per heavy atom. The van der Waals surface area contributed by atoms with Crippen molar-refractivity contribution >= 4 is 27.5 Å². The number of nitrogens with one attached hydrogen (secondary N) is 1. The number of hydrogen-bond donors (Lipinski definition) is 2. The van der Waals surface area contributed by atoms with Crippen molar-refractivity contribution in [2.45, 2.75) is 18.6 Å². The van der Waals surface area contributed by atoms with Crippen LogP contribution in [0.2, 0.25) is 0 Å². The zero-order chi connectivity index (χ0) is 13.3. The van der Waals surface area contributed by atoms with Crippen molar-refractivity contribution in [3.8, 4) is 0 Å². The number of halogens is 4. The minimum Gasteiger partial charge on any atom is -0.324 e. The normalized spacial score (nSPS) is 15.2. The Morgan fingerprint density at radius 2 is 1.76 bits per heavy atom. The van der Waals surface area contributed by atoms with Gasteiger partial charge in [-0.2, -0.15) is 13.2 Å². The Balaban J connectivity index is 2.83. The molecule has 0 aromatic heterocycles. The summed E-state index contributed by atoms with van der Waals surface area (Å²) >= 11 is 3.17. The molecule has 1 rings (SSSR count). The molecule has 0 saturated carbocycles. The van der Waals surface area contributed by atoms with Crippen LogP contribution in [0.4, 0.5) is 18.9 Å². The Morgan fingerprint density at radius 1 is 1.29 bits per heavy atom. The van der Waals surface area contributed by atoms with Crippen LogP contribution < -0.4 is 11.1 Å². The number of alkyl halides is 3. The Hall–Kier alpha value is -1.08. The summed E-state index contributed by atoms with van der Waals surface area (Å²) in [5, 5.41) is 2.11. The predicted octanol–water partition coefficient (Wildman–Crippen LogP) is 2.67.